The topological polar surface area (TPSA) is 73.8 Å². The average Bonchev–Trinajstić information content (AvgIpc) is 3.17. The van der Waals surface area contributed by atoms with Crippen LogP contribution in [-0.4, -0.2) is 26.3 Å². The molecule has 0 aliphatic carbocycles. The number of benzene rings is 3. The molecule has 0 fully saturated rings. The molecule has 0 spiro atoms. The van der Waals surface area contributed by atoms with Gasteiger partial charge in [0.2, 0.25) is 0 Å². The molecule has 3 aromatic carbocycles. The van der Waals surface area contributed by atoms with Gasteiger partial charge in [0.25, 0.3) is 0 Å². The number of Topliss-reactive ketones (excluding diaryl/α,β-unsaturated/α-hetero) is 1. The van der Waals surface area contributed by atoms with Crippen molar-refractivity contribution in [3.63, 3.8) is 0 Å². The van der Waals surface area contributed by atoms with Gasteiger partial charge in [-0.25, -0.2) is 0 Å². The van der Waals surface area contributed by atoms with Gasteiger partial charge in [0.15, 0.2) is 16.8 Å². The number of ketones is 1. The third-order valence-electron chi connectivity index (χ3n) is 4.29. The van der Waals surface area contributed by atoms with Crippen LogP contribution < -0.4 is 5.73 Å². The highest BCUT2D eigenvalue weighted by Crippen LogP contribution is 2.29. The van der Waals surface area contributed by atoms with Crippen molar-refractivity contribution in [1.29, 1.82) is 0 Å². The van der Waals surface area contributed by atoms with Crippen LogP contribution in [0.2, 0.25) is 0 Å². The third-order valence-corrected chi connectivity index (χ3v) is 5.75. The smallest absolute Gasteiger partial charge is 0.196 e. The summed E-state index contributed by atoms with van der Waals surface area (Å²) in [5.41, 5.74) is 9.07. The number of nitrogen functional groups attached to an aromatic ring is 1. The van der Waals surface area contributed by atoms with E-state index in [9.17, 15) is 4.79 Å². The number of para-hydroxylation sites is 1. The molecule has 2 N–H and O–H groups in total. The number of nitrogens with zero attached hydrogens (tertiary/aromatic N) is 3. The van der Waals surface area contributed by atoms with Gasteiger partial charge in [-0.05, 0) is 36.4 Å². The van der Waals surface area contributed by atoms with Crippen LogP contribution in [0.5, 0.6) is 0 Å². The maximum absolute atomic E-state index is 12.6. The van der Waals surface area contributed by atoms with Crippen LogP contribution >= 0.6 is 27.7 Å². The quantitative estimate of drug-likeness (QED) is 0.239. The first kappa shape index (κ1) is 19.4. The van der Waals surface area contributed by atoms with Crippen LogP contribution in [0.1, 0.15) is 10.4 Å². The second-order valence-corrected chi connectivity index (χ2v) is 8.18. The molecule has 1 heterocycles. The first-order valence-corrected chi connectivity index (χ1v) is 10.7. The van der Waals surface area contributed by atoms with Crippen molar-refractivity contribution in [1.82, 2.24) is 14.8 Å². The molecule has 0 saturated carbocycles. The summed E-state index contributed by atoms with van der Waals surface area (Å²) in [5, 5.41) is 9.39. The SMILES string of the molecule is Nc1cccc(-c2nnc(SCC(=O)c3ccc(Br)cc3)n2-c2ccccc2)c1. The fraction of sp³-hybridized carbons (Fsp3) is 0.0455. The Morgan fingerprint density at radius 1 is 0.966 bits per heavy atom. The molecule has 4 rings (SSSR count). The van der Waals surface area contributed by atoms with Crippen molar-refractivity contribution >= 4 is 39.2 Å². The van der Waals surface area contributed by atoms with E-state index in [-0.39, 0.29) is 11.5 Å². The Hall–Kier alpha value is -2.90. The van der Waals surface area contributed by atoms with Gasteiger partial charge in [0.1, 0.15) is 0 Å². The molecule has 0 aliphatic rings. The van der Waals surface area contributed by atoms with E-state index in [1.54, 1.807) is 0 Å². The summed E-state index contributed by atoms with van der Waals surface area (Å²) in [6, 6.07) is 24.7. The summed E-state index contributed by atoms with van der Waals surface area (Å²) < 4.78 is 2.89. The van der Waals surface area contributed by atoms with E-state index >= 15 is 0 Å². The average molecular weight is 465 g/mol. The standard InChI is InChI=1S/C22H17BrN4OS/c23-17-11-9-15(10-12-17)20(28)14-29-22-26-25-21(16-5-4-6-18(24)13-16)27(22)19-7-2-1-3-8-19/h1-13H,14,24H2. The molecule has 0 radical (unpaired) electrons. The van der Waals surface area contributed by atoms with Gasteiger partial charge in [0, 0.05) is 27.0 Å². The lowest BCUT2D eigenvalue weighted by atomic mass is 10.2. The van der Waals surface area contributed by atoms with Crippen LogP contribution in [0.25, 0.3) is 17.1 Å². The van der Waals surface area contributed by atoms with Crippen molar-refractivity contribution in [2.24, 2.45) is 0 Å². The van der Waals surface area contributed by atoms with Gasteiger partial charge in [0.05, 0.1) is 5.75 Å². The number of carbonyl (C=O) groups is 1. The Morgan fingerprint density at radius 3 is 2.45 bits per heavy atom. The summed E-state index contributed by atoms with van der Waals surface area (Å²) in [5.74, 6) is 0.987. The molecule has 0 bridgehead atoms. The number of nitrogens with two attached hydrogens (primary N) is 1. The Labute approximate surface area is 181 Å². The molecular weight excluding hydrogens is 448 g/mol. The second-order valence-electron chi connectivity index (χ2n) is 6.32. The van der Waals surface area contributed by atoms with E-state index in [2.05, 4.69) is 26.1 Å². The first-order valence-electron chi connectivity index (χ1n) is 8.90. The first-order chi connectivity index (χ1) is 14.1. The molecule has 144 valence electrons. The van der Waals surface area contributed by atoms with E-state index in [1.807, 2.05) is 83.4 Å². The zero-order valence-electron chi connectivity index (χ0n) is 15.3. The van der Waals surface area contributed by atoms with Crippen molar-refractivity contribution in [3.05, 3.63) is 88.9 Å². The lowest BCUT2D eigenvalue weighted by Gasteiger charge is -2.10. The summed E-state index contributed by atoms with van der Waals surface area (Å²) in [4.78, 5) is 12.6. The zero-order chi connectivity index (χ0) is 20.2. The molecule has 0 unspecified atom stereocenters. The van der Waals surface area contributed by atoms with Crippen molar-refractivity contribution < 1.29 is 4.79 Å². The summed E-state index contributed by atoms with van der Waals surface area (Å²) in [7, 11) is 0. The largest absolute Gasteiger partial charge is 0.399 e. The summed E-state index contributed by atoms with van der Waals surface area (Å²) in [6.07, 6.45) is 0. The van der Waals surface area contributed by atoms with E-state index in [0.29, 0.717) is 22.2 Å². The fourth-order valence-corrected chi connectivity index (χ4v) is 4.00. The summed E-state index contributed by atoms with van der Waals surface area (Å²) >= 11 is 4.75. The van der Waals surface area contributed by atoms with Crippen LogP contribution in [0, 0.1) is 0 Å². The Kier molecular flexibility index (Phi) is 5.78. The van der Waals surface area contributed by atoms with Crippen LogP contribution in [0.3, 0.4) is 0 Å². The molecule has 0 aliphatic heterocycles. The molecule has 29 heavy (non-hydrogen) atoms. The predicted molar refractivity (Wildman–Crippen MR) is 120 cm³/mol. The molecule has 7 heteroatoms. The molecule has 5 nitrogen and oxygen atoms in total. The van der Waals surface area contributed by atoms with Gasteiger partial charge in [-0.3, -0.25) is 9.36 Å². The van der Waals surface area contributed by atoms with E-state index < -0.39 is 0 Å². The number of aromatic nitrogens is 3. The molecule has 1 aromatic heterocycles. The lowest BCUT2D eigenvalue weighted by molar-refractivity contribution is 0.102. The van der Waals surface area contributed by atoms with Crippen LogP contribution in [0.15, 0.2) is 88.5 Å². The zero-order valence-corrected chi connectivity index (χ0v) is 17.7. The minimum atomic E-state index is 0.0376. The van der Waals surface area contributed by atoms with Gasteiger partial charge in [-0.15, -0.1) is 10.2 Å². The van der Waals surface area contributed by atoms with Gasteiger partial charge < -0.3 is 5.73 Å². The minimum Gasteiger partial charge on any atom is -0.399 e. The fourth-order valence-electron chi connectivity index (χ4n) is 2.89. The van der Waals surface area contributed by atoms with Crippen molar-refractivity contribution in [2.45, 2.75) is 5.16 Å². The maximum Gasteiger partial charge on any atom is 0.196 e. The maximum atomic E-state index is 12.6. The van der Waals surface area contributed by atoms with Crippen LogP contribution in [-0.2, 0) is 0 Å². The molecule has 0 saturated heterocycles. The minimum absolute atomic E-state index is 0.0376. The Morgan fingerprint density at radius 2 is 1.72 bits per heavy atom. The molecular formula is C22H17BrN4OS. The monoisotopic (exact) mass is 464 g/mol. The van der Waals surface area contributed by atoms with E-state index in [0.717, 1.165) is 15.7 Å². The number of anilines is 1. The Bertz CT molecular complexity index is 1140. The highest BCUT2D eigenvalue weighted by atomic mass is 79.9. The number of halogens is 1. The van der Waals surface area contributed by atoms with Crippen molar-refractivity contribution in [3.8, 4) is 17.1 Å². The third kappa shape index (κ3) is 4.41. The Balaban J connectivity index is 1.66. The van der Waals surface area contributed by atoms with Gasteiger partial charge in [-0.2, -0.15) is 0 Å². The predicted octanol–water partition coefficient (Wildman–Crippen LogP) is 5.25. The van der Waals surface area contributed by atoms with Gasteiger partial charge >= 0.3 is 0 Å². The number of hydrogen-bond donors (Lipinski definition) is 1. The second kappa shape index (κ2) is 8.63. The molecule has 0 atom stereocenters. The number of hydrogen-bond acceptors (Lipinski definition) is 5. The summed E-state index contributed by atoms with van der Waals surface area (Å²) in [6.45, 7) is 0. The van der Waals surface area contributed by atoms with Crippen molar-refractivity contribution in [2.75, 3.05) is 11.5 Å². The van der Waals surface area contributed by atoms with E-state index in [4.69, 9.17) is 5.73 Å². The number of thioether (sulfide) groups is 1. The van der Waals surface area contributed by atoms with E-state index in [1.165, 1.54) is 11.8 Å². The highest BCUT2D eigenvalue weighted by Gasteiger charge is 2.18. The van der Waals surface area contributed by atoms with Gasteiger partial charge in [-0.1, -0.05) is 70.2 Å². The normalized spacial score (nSPS) is 10.8. The lowest BCUT2D eigenvalue weighted by Crippen LogP contribution is -2.05. The van der Waals surface area contributed by atoms with Crippen LogP contribution in [0.4, 0.5) is 5.69 Å². The highest BCUT2D eigenvalue weighted by molar-refractivity contribution is 9.10. The molecule has 0 amide bonds. The number of rotatable bonds is 6. The molecule has 4 aromatic rings. The number of carbonyl (C=O) groups excluding carboxylic acids is 1.